The topological polar surface area (TPSA) is 64.7 Å². The first kappa shape index (κ1) is 16.1. The van der Waals surface area contributed by atoms with Gasteiger partial charge in [-0.05, 0) is 18.9 Å². The fourth-order valence-electron chi connectivity index (χ4n) is 2.62. The zero-order valence-corrected chi connectivity index (χ0v) is 11.4. The molecular weight excluding hydrogens is 287 g/mol. The van der Waals surface area contributed by atoms with Gasteiger partial charge in [-0.25, -0.2) is 0 Å². The van der Waals surface area contributed by atoms with Gasteiger partial charge in [-0.2, -0.15) is 0 Å². The average Bonchev–Trinajstić information content (AvgIpc) is 2.46. The van der Waals surface area contributed by atoms with Gasteiger partial charge in [-0.3, -0.25) is 0 Å². The van der Waals surface area contributed by atoms with Gasteiger partial charge >= 0.3 is 6.36 Å². The first-order valence-electron chi connectivity index (χ1n) is 6.68. The summed E-state index contributed by atoms with van der Waals surface area (Å²) in [6.45, 7) is 1.02. The van der Waals surface area contributed by atoms with Crippen LogP contribution in [0.3, 0.4) is 0 Å². The van der Waals surface area contributed by atoms with Gasteiger partial charge in [0.05, 0.1) is 6.10 Å². The summed E-state index contributed by atoms with van der Waals surface area (Å²) in [5, 5.41) is 10.6. The molecule has 0 radical (unpaired) electrons. The van der Waals surface area contributed by atoms with Crippen LogP contribution in [0.1, 0.15) is 24.5 Å². The van der Waals surface area contributed by atoms with Gasteiger partial charge in [0.15, 0.2) is 0 Å². The maximum Gasteiger partial charge on any atom is 0.573 e. The van der Waals surface area contributed by atoms with E-state index in [1.807, 2.05) is 0 Å². The van der Waals surface area contributed by atoms with Gasteiger partial charge in [0.1, 0.15) is 5.75 Å². The number of rotatable bonds is 4. The second kappa shape index (κ2) is 6.21. The number of para-hydroxylation sites is 1. The maximum absolute atomic E-state index is 12.5. The Hall–Kier alpha value is -1.31. The van der Waals surface area contributed by atoms with Crippen molar-refractivity contribution in [1.29, 1.82) is 0 Å². The zero-order valence-electron chi connectivity index (χ0n) is 11.4. The molecule has 4 nitrogen and oxygen atoms in total. The van der Waals surface area contributed by atoms with E-state index >= 15 is 0 Å². The lowest BCUT2D eigenvalue weighted by Crippen LogP contribution is -2.41. The SMILES string of the molecule is NCC1(C(O)c2ccccc2OC(F)(F)F)CCOCC1. The summed E-state index contributed by atoms with van der Waals surface area (Å²) < 4.78 is 46.6. The molecular formula is C14H18F3NO3. The molecule has 0 amide bonds. The molecule has 1 unspecified atom stereocenters. The summed E-state index contributed by atoms with van der Waals surface area (Å²) in [6.07, 6.45) is -4.96. The van der Waals surface area contributed by atoms with Crippen molar-refractivity contribution in [2.24, 2.45) is 11.1 Å². The molecule has 0 bridgehead atoms. The van der Waals surface area contributed by atoms with Crippen LogP contribution >= 0.6 is 0 Å². The number of aliphatic hydroxyl groups is 1. The quantitative estimate of drug-likeness (QED) is 0.896. The molecule has 3 N–H and O–H groups in total. The van der Waals surface area contributed by atoms with Crippen LogP contribution in [0.5, 0.6) is 5.75 Å². The Morgan fingerprint density at radius 1 is 1.29 bits per heavy atom. The van der Waals surface area contributed by atoms with E-state index < -0.39 is 23.6 Å². The highest BCUT2D eigenvalue weighted by molar-refractivity contribution is 5.36. The third-order valence-electron chi connectivity index (χ3n) is 3.91. The minimum absolute atomic E-state index is 0.0992. The van der Waals surface area contributed by atoms with Crippen molar-refractivity contribution in [1.82, 2.24) is 0 Å². The molecule has 118 valence electrons. The number of benzene rings is 1. The van der Waals surface area contributed by atoms with E-state index in [0.717, 1.165) is 0 Å². The molecule has 1 aliphatic rings. The van der Waals surface area contributed by atoms with Crippen LogP contribution in [0.15, 0.2) is 24.3 Å². The molecule has 1 aromatic rings. The molecule has 1 aromatic carbocycles. The molecule has 0 aliphatic carbocycles. The number of ether oxygens (including phenoxy) is 2. The lowest BCUT2D eigenvalue weighted by atomic mass is 9.73. The molecule has 1 atom stereocenters. The monoisotopic (exact) mass is 305 g/mol. The van der Waals surface area contributed by atoms with Crippen LogP contribution < -0.4 is 10.5 Å². The molecule has 0 aromatic heterocycles. The van der Waals surface area contributed by atoms with Gasteiger partial charge in [-0.1, -0.05) is 18.2 Å². The molecule has 1 fully saturated rings. The standard InChI is InChI=1S/C14H18F3NO3/c15-14(16,17)21-11-4-2-1-3-10(11)12(19)13(9-18)5-7-20-8-6-13/h1-4,12,19H,5-9,18H2. The maximum atomic E-state index is 12.5. The Morgan fingerprint density at radius 3 is 2.48 bits per heavy atom. The van der Waals surface area contributed by atoms with E-state index in [1.54, 1.807) is 6.07 Å². The van der Waals surface area contributed by atoms with Crippen molar-refractivity contribution < 1.29 is 27.8 Å². The Morgan fingerprint density at radius 2 is 1.90 bits per heavy atom. The van der Waals surface area contributed by atoms with E-state index in [9.17, 15) is 18.3 Å². The first-order chi connectivity index (χ1) is 9.88. The summed E-state index contributed by atoms with van der Waals surface area (Å²) >= 11 is 0. The van der Waals surface area contributed by atoms with Gasteiger partial charge in [0.25, 0.3) is 0 Å². The van der Waals surface area contributed by atoms with Gasteiger partial charge in [0.2, 0.25) is 0 Å². The zero-order chi connectivity index (χ0) is 15.5. The summed E-state index contributed by atoms with van der Waals surface area (Å²) in [5.41, 5.74) is 5.18. The number of aliphatic hydroxyl groups excluding tert-OH is 1. The lowest BCUT2D eigenvalue weighted by Gasteiger charge is -2.40. The number of nitrogens with two attached hydrogens (primary N) is 1. The second-order valence-corrected chi connectivity index (χ2v) is 5.17. The van der Waals surface area contributed by atoms with Crippen LogP contribution in [-0.4, -0.2) is 31.2 Å². The normalized spacial score (nSPS) is 20.0. The van der Waals surface area contributed by atoms with E-state index in [2.05, 4.69) is 4.74 Å². The van der Waals surface area contributed by atoms with Crippen molar-refractivity contribution in [2.75, 3.05) is 19.8 Å². The number of alkyl halides is 3. The molecule has 0 spiro atoms. The van der Waals surface area contributed by atoms with Crippen molar-refractivity contribution in [3.05, 3.63) is 29.8 Å². The molecule has 2 rings (SSSR count). The van der Waals surface area contributed by atoms with Crippen molar-refractivity contribution in [3.8, 4) is 5.75 Å². The third-order valence-corrected chi connectivity index (χ3v) is 3.91. The highest BCUT2D eigenvalue weighted by atomic mass is 19.4. The summed E-state index contributed by atoms with van der Waals surface area (Å²) in [6, 6.07) is 5.61. The van der Waals surface area contributed by atoms with Gasteiger partial charge in [0, 0.05) is 30.7 Å². The predicted octanol–water partition coefficient (Wildman–Crippen LogP) is 2.37. The van der Waals surface area contributed by atoms with Gasteiger partial charge < -0.3 is 20.3 Å². The fourth-order valence-corrected chi connectivity index (χ4v) is 2.62. The number of hydrogen-bond acceptors (Lipinski definition) is 4. The Labute approximate surface area is 120 Å². The highest BCUT2D eigenvalue weighted by Gasteiger charge is 2.41. The van der Waals surface area contributed by atoms with E-state index in [1.165, 1.54) is 18.2 Å². The average molecular weight is 305 g/mol. The Bertz CT molecular complexity index is 473. The Balaban J connectivity index is 2.31. The Kier molecular flexibility index (Phi) is 4.75. The van der Waals surface area contributed by atoms with E-state index in [0.29, 0.717) is 26.1 Å². The van der Waals surface area contributed by atoms with Crippen LogP contribution in [0.25, 0.3) is 0 Å². The first-order valence-corrected chi connectivity index (χ1v) is 6.68. The summed E-state index contributed by atoms with van der Waals surface area (Å²) in [4.78, 5) is 0. The number of halogens is 3. The minimum Gasteiger partial charge on any atom is -0.405 e. The highest BCUT2D eigenvalue weighted by Crippen LogP contribution is 2.44. The largest absolute Gasteiger partial charge is 0.573 e. The molecule has 21 heavy (non-hydrogen) atoms. The van der Waals surface area contributed by atoms with Crippen molar-refractivity contribution in [3.63, 3.8) is 0 Å². The molecule has 1 aliphatic heterocycles. The van der Waals surface area contributed by atoms with E-state index in [-0.39, 0.29) is 12.1 Å². The third kappa shape index (κ3) is 3.66. The molecule has 1 heterocycles. The van der Waals surface area contributed by atoms with Gasteiger partial charge in [-0.15, -0.1) is 13.2 Å². The molecule has 7 heteroatoms. The van der Waals surface area contributed by atoms with Crippen molar-refractivity contribution >= 4 is 0 Å². The van der Waals surface area contributed by atoms with E-state index in [4.69, 9.17) is 10.5 Å². The van der Waals surface area contributed by atoms with Crippen LogP contribution in [0.4, 0.5) is 13.2 Å². The fraction of sp³-hybridized carbons (Fsp3) is 0.571. The summed E-state index contributed by atoms with van der Waals surface area (Å²) in [7, 11) is 0. The summed E-state index contributed by atoms with van der Waals surface area (Å²) in [5.74, 6) is -0.392. The number of hydrogen-bond donors (Lipinski definition) is 2. The second-order valence-electron chi connectivity index (χ2n) is 5.17. The van der Waals surface area contributed by atoms with Crippen LogP contribution in [0, 0.1) is 5.41 Å². The molecule has 1 saturated heterocycles. The van der Waals surface area contributed by atoms with Crippen molar-refractivity contribution in [2.45, 2.75) is 25.3 Å². The smallest absolute Gasteiger partial charge is 0.405 e. The predicted molar refractivity (Wildman–Crippen MR) is 69.6 cm³/mol. The van der Waals surface area contributed by atoms with Crippen LogP contribution in [-0.2, 0) is 4.74 Å². The molecule has 0 saturated carbocycles. The minimum atomic E-state index is -4.80. The lowest BCUT2D eigenvalue weighted by molar-refractivity contribution is -0.275. The van der Waals surface area contributed by atoms with Crippen LogP contribution in [0.2, 0.25) is 0 Å².